The van der Waals surface area contributed by atoms with Crippen LogP contribution in [-0.4, -0.2) is 23.4 Å². The fourth-order valence-corrected chi connectivity index (χ4v) is 19.3. The predicted molar refractivity (Wildman–Crippen MR) is 177 cm³/mol. The van der Waals surface area contributed by atoms with Gasteiger partial charge in [-0.3, -0.25) is 0 Å². The van der Waals surface area contributed by atoms with E-state index in [1.165, 1.54) is 84.9 Å². The zero-order valence-electron chi connectivity index (χ0n) is 30.0. The van der Waals surface area contributed by atoms with Crippen molar-refractivity contribution in [1.29, 1.82) is 0 Å². The maximum atomic E-state index is 7.00. The molecule has 2 saturated heterocycles. The van der Waals surface area contributed by atoms with E-state index in [9.17, 15) is 0 Å². The Morgan fingerprint density at radius 1 is 0.581 bits per heavy atom. The van der Waals surface area contributed by atoms with Crippen molar-refractivity contribution >= 4 is 0 Å². The van der Waals surface area contributed by atoms with Crippen LogP contribution >= 0.6 is 0 Å². The molecule has 0 N–H and O–H groups in total. The van der Waals surface area contributed by atoms with Gasteiger partial charge in [0, 0.05) is 0 Å². The van der Waals surface area contributed by atoms with Crippen LogP contribution in [0.2, 0.25) is 7.86 Å². The standard InChI is InChI=1S/2C20H33O.Hg/c2*1-7-14(2)15-13-17-19(5)11-8-10-18(3,4)16(19)9-12-20(17,6)21-15;/h2*7,15-17H,1,8-13H2,2-6H3;/b2*14-7+;/t2*15-,16-,17+,19-,20+;/m00./s1. The Hall–Kier alpha value is 0.335. The molecule has 2 heterocycles. The third kappa shape index (κ3) is 5.66. The molecule has 240 valence electrons. The van der Waals surface area contributed by atoms with Crippen LogP contribution in [0.15, 0.2) is 23.3 Å². The second-order valence-electron chi connectivity index (χ2n) is 19.1. The summed E-state index contributed by atoms with van der Waals surface area (Å²) >= 11 is -0.987. The molecular formula is C40H66HgO2. The minimum absolute atomic E-state index is 0.0855. The molecule has 4 saturated carbocycles. The van der Waals surface area contributed by atoms with Crippen molar-refractivity contribution < 1.29 is 34.0 Å². The molecule has 0 aromatic carbocycles. The van der Waals surface area contributed by atoms with E-state index >= 15 is 0 Å². The number of fused-ring (bicyclic) bond motifs is 6. The fourth-order valence-electron chi connectivity index (χ4n) is 13.3. The fraction of sp³-hybridized carbons (Fsp3) is 0.900. The maximum absolute atomic E-state index is 7.00. The molecule has 43 heavy (non-hydrogen) atoms. The minimum atomic E-state index is -0.987. The molecule has 2 aliphatic heterocycles. The molecule has 0 bridgehead atoms. The Kier molecular flexibility index (Phi) is 8.88. The summed E-state index contributed by atoms with van der Waals surface area (Å²) in [5.74, 6) is 3.16. The first-order chi connectivity index (χ1) is 20.0. The molecule has 10 atom stereocenters. The van der Waals surface area contributed by atoms with Gasteiger partial charge in [-0.2, -0.15) is 0 Å². The van der Waals surface area contributed by atoms with Crippen LogP contribution in [0.3, 0.4) is 0 Å². The van der Waals surface area contributed by atoms with Crippen LogP contribution < -0.4 is 0 Å². The summed E-state index contributed by atoms with van der Waals surface area (Å²) in [5, 5.41) is 0. The summed E-state index contributed by atoms with van der Waals surface area (Å²) in [4.78, 5) is 0. The summed E-state index contributed by atoms with van der Waals surface area (Å²) < 4.78 is 16.8. The van der Waals surface area contributed by atoms with Gasteiger partial charge in [-0.15, -0.1) is 0 Å². The van der Waals surface area contributed by atoms with Crippen LogP contribution in [0.1, 0.15) is 146 Å². The van der Waals surface area contributed by atoms with Crippen LogP contribution in [0.25, 0.3) is 0 Å². The van der Waals surface area contributed by atoms with Crippen molar-refractivity contribution in [3.63, 3.8) is 0 Å². The van der Waals surface area contributed by atoms with Gasteiger partial charge >= 0.3 is 280 Å². The molecule has 0 radical (unpaired) electrons. The summed E-state index contributed by atoms with van der Waals surface area (Å²) in [6, 6.07) is 0. The van der Waals surface area contributed by atoms with Gasteiger partial charge in [0.25, 0.3) is 0 Å². The third-order valence-electron chi connectivity index (χ3n) is 15.6. The van der Waals surface area contributed by atoms with Crippen LogP contribution in [0.4, 0.5) is 0 Å². The van der Waals surface area contributed by atoms with Gasteiger partial charge in [0.2, 0.25) is 0 Å². The van der Waals surface area contributed by atoms with Gasteiger partial charge in [-0.25, -0.2) is 0 Å². The predicted octanol–water partition coefficient (Wildman–Crippen LogP) is 11.4. The van der Waals surface area contributed by atoms with Crippen LogP contribution in [-0.2, 0) is 34.0 Å². The summed E-state index contributed by atoms with van der Waals surface area (Å²) in [5.41, 5.74) is 5.14. The van der Waals surface area contributed by atoms with E-state index in [2.05, 4.69) is 81.4 Å². The molecule has 6 fully saturated rings. The molecule has 6 aliphatic rings. The van der Waals surface area contributed by atoms with Crippen LogP contribution in [0, 0.1) is 45.3 Å². The Bertz CT molecular complexity index is 1030. The summed E-state index contributed by atoms with van der Waals surface area (Å²) in [6.07, 6.45) is 22.1. The molecule has 0 amide bonds. The Labute approximate surface area is 278 Å². The summed E-state index contributed by atoms with van der Waals surface area (Å²) in [7, 11) is 0. The van der Waals surface area contributed by atoms with Gasteiger partial charge in [0.15, 0.2) is 0 Å². The van der Waals surface area contributed by atoms with Gasteiger partial charge in [-0.05, 0) is 0 Å². The molecule has 0 aromatic rings. The molecule has 0 aromatic heterocycles. The van der Waals surface area contributed by atoms with Crippen molar-refractivity contribution in [2.45, 2.75) is 178 Å². The van der Waals surface area contributed by atoms with Crippen LogP contribution in [0.5, 0.6) is 0 Å². The second-order valence-corrected chi connectivity index (χ2v) is 26.4. The van der Waals surface area contributed by atoms with Gasteiger partial charge in [0.05, 0.1) is 0 Å². The van der Waals surface area contributed by atoms with Gasteiger partial charge in [0.1, 0.15) is 0 Å². The first-order valence-electron chi connectivity index (χ1n) is 18.7. The topological polar surface area (TPSA) is 18.5 Å². The van der Waals surface area contributed by atoms with Crippen molar-refractivity contribution in [3.05, 3.63) is 23.3 Å². The van der Waals surface area contributed by atoms with E-state index in [1.807, 2.05) is 0 Å². The van der Waals surface area contributed by atoms with Crippen molar-refractivity contribution in [1.82, 2.24) is 0 Å². The van der Waals surface area contributed by atoms with E-state index in [4.69, 9.17) is 9.47 Å². The quantitative estimate of drug-likeness (QED) is 0.152. The van der Waals surface area contributed by atoms with E-state index in [0.717, 1.165) is 23.7 Å². The Morgan fingerprint density at radius 2 is 0.977 bits per heavy atom. The van der Waals surface area contributed by atoms with E-state index in [1.54, 1.807) is 11.1 Å². The third-order valence-corrected chi connectivity index (χ3v) is 21.0. The number of allylic oxidation sites excluding steroid dienone is 2. The van der Waals surface area contributed by atoms with Crippen molar-refractivity contribution in [2.24, 2.45) is 45.3 Å². The molecule has 3 heteroatoms. The van der Waals surface area contributed by atoms with E-state index in [0.29, 0.717) is 33.9 Å². The van der Waals surface area contributed by atoms with Crippen molar-refractivity contribution in [2.75, 3.05) is 0 Å². The zero-order chi connectivity index (χ0) is 31.1. The second kappa shape index (κ2) is 11.5. The Balaban J connectivity index is 1.03. The first kappa shape index (κ1) is 33.2. The first-order valence-corrected chi connectivity index (χ1v) is 26.5. The summed E-state index contributed by atoms with van der Waals surface area (Å²) in [6.45, 7) is 25.2. The normalized spacial score (nSPS) is 49.0. The molecule has 6 rings (SSSR count). The molecular weight excluding hydrogens is 713 g/mol. The number of rotatable bonds is 6. The average Bonchev–Trinajstić information content (AvgIpc) is 3.46. The molecule has 2 nitrogen and oxygen atoms in total. The SMILES string of the molecule is C/C(=C\[CH2][Hg][CH2]/C=C(\C)[C@@H]1C[C@@H]2[C@@]3(C)CCCC(C)(C)[C@@H]3CC[C@@]2(C)O1)[C@@H]1C[C@@H]2[C@@]3(C)CCCC(C)(C)[C@@H]3CC[C@@]2(C)O1. The number of ether oxygens (including phenoxy) is 2. The average molecular weight is 780 g/mol. The Morgan fingerprint density at radius 3 is 1.37 bits per heavy atom. The van der Waals surface area contributed by atoms with Gasteiger partial charge in [-0.1, -0.05) is 0 Å². The number of hydrogen-bond donors (Lipinski definition) is 0. The molecule has 0 unspecified atom stereocenters. The number of hydrogen-bond acceptors (Lipinski definition) is 2. The monoisotopic (exact) mass is 780 g/mol. The van der Waals surface area contributed by atoms with Gasteiger partial charge < -0.3 is 0 Å². The van der Waals surface area contributed by atoms with Crippen molar-refractivity contribution in [3.8, 4) is 0 Å². The zero-order valence-corrected chi connectivity index (χ0v) is 35.5. The molecule has 0 spiro atoms. The van der Waals surface area contributed by atoms with E-state index in [-0.39, 0.29) is 11.2 Å². The van der Waals surface area contributed by atoms with E-state index < -0.39 is 24.6 Å². The molecule has 4 aliphatic carbocycles.